The van der Waals surface area contributed by atoms with Gasteiger partial charge in [0.25, 0.3) is 6.48 Å². The first-order valence-corrected chi connectivity index (χ1v) is 3.72. The molecule has 0 rings (SSSR count). The van der Waals surface area contributed by atoms with Crippen molar-refractivity contribution in [2.24, 2.45) is 0 Å². The predicted molar refractivity (Wildman–Crippen MR) is 42.1 cm³/mol. The monoisotopic (exact) mass is 163 g/mol. The third-order valence-electron chi connectivity index (χ3n) is 1.11. The van der Waals surface area contributed by atoms with Crippen LogP contribution in [0.5, 0.6) is 0 Å². The average molecular weight is 163 g/mol. The van der Waals surface area contributed by atoms with Crippen LogP contribution in [-0.4, -0.2) is 50.3 Å². The molecule has 0 aliphatic heterocycles. The Labute approximate surface area is 67.7 Å². The Hall–Kier alpha value is -0.160. The summed E-state index contributed by atoms with van der Waals surface area (Å²) in [6.45, 7) is 2.46. The number of hydrogen-bond acceptors (Lipinski definition) is 4. The van der Waals surface area contributed by atoms with Crippen LogP contribution in [0.1, 0.15) is 6.92 Å². The van der Waals surface area contributed by atoms with Gasteiger partial charge in [-0.2, -0.15) is 0 Å². The summed E-state index contributed by atoms with van der Waals surface area (Å²) in [6.07, 6.45) is 0. The van der Waals surface area contributed by atoms with Gasteiger partial charge in [0.2, 0.25) is 0 Å². The minimum absolute atomic E-state index is 0.461. The molecule has 0 fully saturated rings. The number of aliphatic hydroxyl groups excluding tert-OH is 1. The summed E-state index contributed by atoms with van der Waals surface area (Å²) in [5.41, 5.74) is 0. The van der Waals surface area contributed by atoms with E-state index in [2.05, 4.69) is 0 Å². The van der Waals surface area contributed by atoms with Crippen LogP contribution in [0.15, 0.2) is 0 Å². The lowest BCUT2D eigenvalue weighted by Crippen LogP contribution is -2.23. The third-order valence-corrected chi connectivity index (χ3v) is 1.11. The molecule has 0 amide bonds. The lowest BCUT2D eigenvalue weighted by Gasteiger charge is -2.13. The fourth-order valence-corrected chi connectivity index (χ4v) is 0.527. The summed E-state index contributed by atoms with van der Waals surface area (Å²) in [5, 5.41) is 8.90. The summed E-state index contributed by atoms with van der Waals surface area (Å²) >= 11 is 0. The molecule has 0 aliphatic rings. The van der Waals surface area contributed by atoms with E-state index in [-0.39, 0.29) is 0 Å². The van der Waals surface area contributed by atoms with E-state index in [1.165, 1.54) is 0 Å². The number of rotatable bonds is 6. The number of hydrogen-bond donors (Lipinski definition) is 1. The summed E-state index contributed by atoms with van der Waals surface area (Å²) < 4.78 is 9.62. The van der Waals surface area contributed by atoms with Crippen LogP contribution in [0.3, 0.4) is 0 Å². The van der Waals surface area contributed by atoms with Crippen LogP contribution in [0.2, 0.25) is 0 Å². The highest BCUT2D eigenvalue weighted by Gasteiger charge is 2.01. The van der Waals surface area contributed by atoms with Crippen molar-refractivity contribution in [3.63, 3.8) is 0 Å². The van der Waals surface area contributed by atoms with Crippen molar-refractivity contribution in [3.8, 4) is 0 Å². The van der Waals surface area contributed by atoms with Crippen molar-refractivity contribution in [1.82, 2.24) is 4.90 Å². The largest absolute Gasteiger partial charge is 0.346 e. The Balaban J connectivity index is 3.10. The van der Waals surface area contributed by atoms with Crippen LogP contribution in [0.25, 0.3) is 0 Å². The van der Waals surface area contributed by atoms with Crippen LogP contribution in [0, 0.1) is 0 Å². The summed E-state index contributed by atoms with van der Waals surface area (Å²) in [7, 11) is 3.88. The highest BCUT2D eigenvalue weighted by molar-refractivity contribution is 4.38. The van der Waals surface area contributed by atoms with Crippen LogP contribution >= 0.6 is 0 Å². The molecular weight excluding hydrogens is 146 g/mol. The van der Waals surface area contributed by atoms with Gasteiger partial charge in [0.05, 0.1) is 6.61 Å². The van der Waals surface area contributed by atoms with Crippen LogP contribution in [0.4, 0.5) is 0 Å². The van der Waals surface area contributed by atoms with Gasteiger partial charge < -0.3 is 19.5 Å². The molecule has 4 heteroatoms. The van der Waals surface area contributed by atoms with E-state index in [0.717, 1.165) is 6.54 Å². The van der Waals surface area contributed by atoms with Gasteiger partial charge in [0.1, 0.15) is 0 Å². The molecule has 0 aromatic carbocycles. The van der Waals surface area contributed by atoms with Gasteiger partial charge in [0.15, 0.2) is 0 Å². The molecule has 0 radical (unpaired) electrons. The van der Waals surface area contributed by atoms with E-state index < -0.39 is 6.48 Å². The predicted octanol–water partition coefficient (Wildman–Crippen LogP) is -0.123. The smallest absolute Gasteiger partial charge is 0.269 e. The maximum atomic E-state index is 8.90. The topological polar surface area (TPSA) is 41.9 Å². The standard InChI is InChI=1S/C7H17NO3/c1-4-10-7(9)11-6-5-8(2)3/h7,9H,4-6H2,1-3H3. The van der Waals surface area contributed by atoms with Crippen molar-refractivity contribution >= 4 is 0 Å². The summed E-state index contributed by atoms with van der Waals surface area (Å²) in [5.74, 6) is 0. The second-order valence-electron chi connectivity index (χ2n) is 2.44. The zero-order chi connectivity index (χ0) is 8.69. The van der Waals surface area contributed by atoms with E-state index in [0.29, 0.717) is 13.2 Å². The Kier molecular flexibility index (Phi) is 6.45. The zero-order valence-electron chi connectivity index (χ0n) is 7.41. The molecule has 0 bridgehead atoms. The molecule has 0 spiro atoms. The molecule has 0 aromatic heterocycles. The van der Waals surface area contributed by atoms with Gasteiger partial charge in [-0.05, 0) is 21.0 Å². The number of ether oxygens (including phenoxy) is 2. The molecule has 11 heavy (non-hydrogen) atoms. The molecule has 1 unspecified atom stereocenters. The van der Waals surface area contributed by atoms with Crippen LogP contribution in [-0.2, 0) is 9.47 Å². The highest BCUT2D eigenvalue weighted by Crippen LogP contribution is 1.89. The Morgan fingerprint density at radius 3 is 2.45 bits per heavy atom. The van der Waals surface area contributed by atoms with Gasteiger partial charge in [-0.1, -0.05) is 0 Å². The molecule has 4 nitrogen and oxygen atoms in total. The SMILES string of the molecule is CCOC(O)OCCN(C)C. The fraction of sp³-hybridized carbons (Fsp3) is 1.00. The van der Waals surface area contributed by atoms with E-state index in [1.807, 2.05) is 19.0 Å². The van der Waals surface area contributed by atoms with Crippen molar-refractivity contribution in [3.05, 3.63) is 0 Å². The van der Waals surface area contributed by atoms with Crippen LogP contribution < -0.4 is 0 Å². The maximum Gasteiger partial charge on any atom is 0.269 e. The average Bonchev–Trinajstić information content (AvgIpc) is 1.87. The molecule has 68 valence electrons. The van der Waals surface area contributed by atoms with Gasteiger partial charge in [-0.25, -0.2) is 0 Å². The van der Waals surface area contributed by atoms with Crippen molar-refractivity contribution < 1.29 is 14.6 Å². The third kappa shape index (κ3) is 7.74. The van der Waals surface area contributed by atoms with Gasteiger partial charge >= 0.3 is 0 Å². The Morgan fingerprint density at radius 2 is 2.00 bits per heavy atom. The molecular formula is C7H17NO3. The lowest BCUT2D eigenvalue weighted by atomic mass is 10.6. The summed E-state index contributed by atoms with van der Waals surface area (Å²) in [6, 6.07) is 0. The molecule has 0 saturated carbocycles. The number of likely N-dealkylation sites (N-methyl/N-ethyl adjacent to an activating group) is 1. The van der Waals surface area contributed by atoms with E-state index in [4.69, 9.17) is 14.6 Å². The second-order valence-corrected chi connectivity index (χ2v) is 2.44. The quantitative estimate of drug-likeness (QED) is 0.554. The van der Waals surface area contributed by atoms with E-state index in [1.54, 1.807) is 6.92 Å². The van der Waals surface area contributed by atoms with Crippen molar-refractivity contribution in [2.75, 3.05) is 33.9 Å². The minimum Gasteiger partial charge on any atom is -0.346 e. The first-order chi connectivity index (χ1) is 5.16. The van der Waals surface area contributed by atoms with Crippen molar-refractivity contribution in [1.29, 1.82) is 0 Å². The van der Waals surface area contributed by atoms with E-state index in [9.17, 15) is 0 Å². The molecule has 0 aliphatic carbocycles. The van der Waals surface area contributed by atoms with Gasteiger partial charge in [-0.3, -0.25) is 0 Å². The van der Waals surface area contributed by atoms with Gasteiger partial charge in [-0.15, -0.1) is 0 Å². The van der Waals surface area contributed by atoms with Crippen molar-refractivity contribution in [2.45, 2.75) is 13.4 Å². The molecule has 0 aromatic rings. The Morgan fingerprint density at radius 1 is 1.36 bits per heavy atom. The van der Waals surface area contributed by atoms with Gasteiger partial charge in [0, 0.05) is 13.2 Å². The number of aliphatic hydroxyl groups is 1. The second kappa shape index (κ2) is 6.54. The zero-order valence-corrected chi connectivity index (χ0v) is 7.41. The molecule has 1 atom stereocenters. The fourth-order valence-electron chi connectivity index (χ4n) is 0.527. The highest BCUT2D eigenvalue weighted by atomic mass is 16.8. The normalized spacial score (nSPS) is 13.9. The maximum absolute atomic E-state index is 8.90. The molecule has 1 N–H and O–H groups in total. The van der Waals surface area contributed by atoms with E-state index >= 15 is 0 Å². The molecule has 0 saturated heterocycles. The molecule has 0 heterocycles. The first-order valence-electron chi connectivity index (χ1n) is 3.72. The first kappa shape index (κ1) is 10.8. The lowest BCUT2D eigenvalue weighted by molar-refractivity contribution is -0.261. The minimum atomic E-state index is -1.07. The Bertz CT molecular complexity index is 87.8. The number of nitrogens with zero attached hydrogens (tertiary/aromatic N) is 1. The summed E-state index contributed by atoms with van der Waals surface area (Å²) in [4.78, 5) is 1.97.